The van der Waals surface area contributed by atoms with Crippen molar-refractivity contribution in [3.8, 4) is 34.3 Å². The number of aromatic nitrogens is 6. The molecule has 7 rings (SSSR count). The van der Waals surface area contributed by atoms with E-state index in [2.05, 4.69) is 24.8 Å². The molecule has 1 fully saturated rings. The molecule has 47 heavy (non-hydrogen) atoms. The van der Waals surface area contributed by atoms with Crippen LogP contribution in [-0.4, -0.2) is 67.7 Å². The summed E-state index contributed by atoms with van der Waals surface area (Å²) in [6.45, 7) is 1.84. The molecule has 0 atom stereocenters. The van der Waals surface area contributed by atoms with Gasteiger partial charge in [-0.2, -0.15) is 13.2 Å². The Bertz CT molecular complexity index is 2050. The fourth-order valence-corrected chi connectivity index (χ4v) is 5.70. The van der Waals surface area contributed by atoms with Crippen LogP contribution in [0.3, 0.4) is 0 Å². The average Bonchev–Trinajstić information content (AvgIpc) is 3.92. The number of hydrogen-bond donors (Lipinski definition) is 0. The summed E-state index contributed by atoms with van der Waals surface area (Å²) < 4.78 is 54.2. The van der Waals surface area contributed by atoms with Crippen molar-refractivity contribution < 1.29 is 22.6 Å². The van der Waals surface area contributed by atoms with Crippen LogP contribution in [-0.2, 0) is 12.7 Å². The Morgan fingerprint density at radius 1 is 0.936 bits per heavy atom. The molecule has 0 amide bonds. The minimum absolute atomic E-state index is 0.116. The third-order valence-electron chi connectivity index (χ3n) is 8.34. The van der Waals surface area contributed by atoms with Crippen LogP contribution in [0.2, 0.25) is 0 Å². The molecule has 0 spiro atoms. The zero-order chi connectivity index (χ0) is 32.7. The van der Waals surface area contributed by atoms with Gasteiger partial charge in [-0.25, -0.2) is 24.9 Å². The Labute approximate surface area is 267 Å². The highest BCUT2D eigenvalue weighted by Crippen LogP contribution is 2.39. The van der Waals surface area contributed by atoms with Crippen LogP contribution in [0.5, 0.6) is 11.6 Å². The highest BCUT2D eigenvalue weighted by Gasteiger charge is 2.34. The van der Waals surface area contributed by atoms with E-state index < -0.39 is 11.9 Å². The van der Waals surface area contributed by atoms with Crippen molar-refractivity contribution in [2.45, 2.75) is 38.1 Å². The Balaban J connectivity index is 1.22. The van der Waals surface area contributed by atoms with E-state index in [1.54, 1.807) is 36.5 Å². The van der Waals surface area contributed by atoms with E-state index in [0.717, 1.165) is 49.6 Å². The maximum atomic E-state index is 13.7. The van der Waals surface area contributed by atoms with Gasteiger partial charge in [-0.1, -0.05) is 30.3 Å². The third kappa shape index (κ3) is 6.30. The highest BCUT2D eigenvalue weighted by molar-refractivity contribution is 5.87. The first-order chi connectivity index (χ1) is 22.7. The quantitative estimate of drug-likeness (QED) is 0.213. The van der Waals surface area contributed by atoms with Gasteiger partial charge in [0.1, 0.15) is 40.8 Å². The summed E-state index contributed by atoms with van der Waals surface area (Å²) in [5.74, 6) is 0.946. The van der Waals surface area contributed by atoms with Crippen LogP contribution >= 0.6 is 0 Å². The van der Waals surface area contributed by atoms with Crippen molar-refractivity contribution in [2.24, 2.45) is 0 Å². The number of ether oxygens (including phenoxy) is 2. The first-order valence-corrected chi connectivity index (χ1v) is 15.2. The predicted octanol–water partition coefficient (Wildman–Crippen LogP) is 5.65. The number of nitrogens with zero attached hydrogens (tertiary/aromatic N) is 7. The van der Waals surface area contributed by atoms with Gasteiger partial charge in [0.05, 0.1) is 19.3 Å². The van der Waals surface area contributed by atoms with Crippen molar-refractivity contribution in [1.82, 2.24) is 34.4 Å². The molecule has 1 aliphatic heterocycles. The molecular formula is C34H30F3N7O3. The number of alkyl halides is 3. The molecule has 1 saturated heterocycles. The van der Waals surface area contributed by atoms with Crippen molar-refractivity contribution >= 4 is 16.6 Å². The Kier molecular flexibility index (Phi) is 7.92. The summed E-state index contributed by atoms with van der Waals surface area (Å²) >= 11 is 0. The van der Waals surface area contributed by atoms with Crippen LogP contribution in [0.4, 0.5) is 13.2 Å². The Morgan fingerprint density at radius 2 is 1.70 bits per heavy atom. The SMILES string of the molecule is COc1ncnc(C2=CC2)c1-c1ncc2ccc(=O)n(Cc3ccc(-c4nc(C(F)(F)F)ccc4OC4CCN(C)CC4)cc3)c2n1. The van der Waals surface area contributed by atoms with Gasteiger partial charge in [-0.05, 0) is 55.6 Å². The molecular weight excluding hydrogens is 611 g/mol. The summed E-state index contributed by atoms with van der Waals surface area (Å²) in [7, 11) is 3.54. The highest BCUT2D eigenvalue weighted by atomic mass is 19.4. The van der Waals surface area contributed by atoms with Gasteiger partial charge in [0.15, 0.2) is 5.82 Å². The lowest BCUT2D eigenvalue weighted by Gasteiger charge is -2.29. The number of fused-ring (bicyclic) bond motifs is 1. The molecule has 4 aromatic heterocycles. The third-order valence-corrected chi connectivity index (χ3v) is 8.34. The van der Waals surface area contributed by atoms with Gasteiger partial charge >= 0.3 is 6.18 Å². The number of halogens is 3. The maximum absolute atomic E-state index is 13.7. The van der Waals surface area contributed by atoms with Crippen LogP contribution in [0.1, 0.15) is 36.2 Å². The minimum atomic E-state index is -4.61. The van der Waals surface area contributed by atoms with E-state index in [-0.39, 0.29) is 23.9 Å². The smallest absolute Gasteiger partial charge is 0.433 e. The summed E-state index contributed by atoms with van der Waals surface area (Å²) in [6.07, 6.45) is 2.70. The van der Waals surface area contributed by atoms with Gasteiger partial charge in [-0.3, -0.25) is 9.36 Å². The number of benzene rings is 1. The van der Waals surface area contributed by atoms with Crippen LogP contribution in [0.15, 0.2) is 71.9 Å². The lowest BCUT2D eigenvalue weighted by Crippen LogP contribution is -2.35. The van der Waals surface area contributed by atoms with Crippen LogP contribution < -0.4 is 15.0 Å². The molecule has 1 aromatic carbocycles. The average molecular weight is 642 g/mol. The molecule has 13 heteroatoms. The molecule has 1 aliphatic carbocycles. The van der Waals surface area contributed by atoms with Crippen LogP contribution in [0, 0.1) is 0 Å². The fraction of sp³-hybridized carbons (Fsp3) is 0.294. The Morgan fingerprint density at radius 3 is 2.40 bits per heavy atom. The topological polar surface area (TPSA) is 108 Å². The van der Waals surface area contributed by atoms with E-state index in [4.69, 9.17) is 14.5 Å². The lowest BCUT2D eigenvalue weighted by molar-refractivity contribution is -0.141. The van der Waals surface area contributed by atoms with Gasteiger partial charge < -0.3 is 14.4 Å². The van der Waals surface area contributed by atoms with E-state index in [0.29, 0.717) is 45.3 Å². The summed E-state index contributed by atoms with van der Waals surface area (Å²) in [6, 6.07) is 12.3. The number of pyridine rings is 2. The van der Waals surface area contributed by atoms with Crippen molar-refractivity contribution in [3.05, 3.63) is 94.4 Å². The van der Waals surface area contributed by atoms with E-state index in [1.165, 1.54) is 30.1 Å². The zero-order valence-electron chi connectivity index (χ0n) is 25.7. The number of likely N-dealkylation sites (tertiary alicyclic amines) is 1. The first-order valence-electron chi connectivity index (χ1n) is 15.2. The maximum Gasteiger partial charge on any atom is 0.433 e. The number of methoxy groups -OCH3 is 1. The molecule has 10 nitrogen and oxygen atoms in total. The molecule has 0 saturated carbocycles. The summed E-state index contributed by atoms with van der Waals surface area (Å²) in [5.41, 5.74) is 2.71. The normalized spacial score (nSPS) is 15.5. The van der Waals surface area contributed by atoms with Crippen LogP contribution in [0.25, 0.3) is 39.3 Å². The number of rotatable bonds is 8. The van der Waals surface area contributed by atoms with E-state index in [1.807, 2.05) is 13.1 Å². The zero-order valence-corrected chi connectivity index (χ0v) is 25.7. The molecule has 0 unspecified atom stereocenters. The van der Waals surface area contributed by atoms with E-state index in [9.17, 15) is 18.0 Å². The summed E-state index contributed by atoms with van der Waals surface area (Å²) in [5, 5.41) is 0.650. The molecule has 0 bridgehead atoms. The predicted molar refractivity (Wildman–Crippen MR) is 169 cm³/mol. The fourth-order valence-electron chi connectivity index (χ4n) is 5.70. The van der Waals surface area contributed by atoms with Gasteiger partial charge in [0.25, 0.3) is 5.56 Å². The molecule has 240 valence electrons. The van der Waals surface area contributed by atoms with E-state index >= 15 is 0 Å². The van der Waals surface area contributed by atoms with Crippen molar-refractivity contribution in [2.75, 3.05) is 27.2 Å². The number of hydrogen-bond acceptors (Lipinski definition) is 9. The monoisotopic (exact) mass is 641 g/mol. The number of allylic oxidation sites excluding steroid dienone is 2. The largest absolute Gasteiger partial charge is 0.488 e. The second-order valence-electron chi connectivity index (χ2n) is 11.6. The standard InChI is InChI=1S/C34H30F3N7O3/c1-43-15-13-24(14-16-43)47-25-10-11-26(34(35,36)37)41-29(25)21-5-3-20(4-6-21)18-44-27(45)12-9-23-17-38-31(42-32(23)44)28-30(22-7-8-22)39-19-40-33(28)46-2/h3-7,9-12,17,19,24H,8,13-16,18H2,1-2H3. The molecule has 5 aromatic rings. The second-order valence-corrected chi connectivity index (χ2v) is 11.6. The molecule has 2 aliphatic rings. The second kappa shape index (κ2) is 12.2. The molecule has 0 radical (unpaired) electrons. The Hall–Kier alpha value is -5.17. The summed E-state index contributed by atoms with van der Waals surface area (Å²) in [4.78, 5) is 37.3. The van der Waals surface area contributed by atoms with Crippen molar-refractivity contribution in [3.63, 3.8) is 0 Å². The van der Waals surface area contributed by atoms with Crippen molar-refractivity contribution in [1.29, 1.82) is 0 Å². The lowest BCUT2D eigenvalue weighted by atomic mass is 10.1. The molecule has 5 heterocycles. The first kappa shape index (κ1) is 30.5. The van der Waals surface area contributed by atoms with Gasteiger partial charge in [0, 0.05) is 36.3 Å². The van der Waals surface area contributed by atoms with Gasteiger partial charge in [-0.15, -0.1) is 0 Å². The van der Waals surface area contributed by atoms with Gasteiger partial charge in [0.2, 0.25) is 5.88 Å². The molecule has 0 N–H and O–H groups in total. The number of piperidine rings is 1. The minimum Gasteiger partial charge on any atom is -0.488 e.